The van der Waals surface area contributed by atoms with E-state index in [0.717, 1.165) is 11.5 Å². The minimum atomic E-state index is -0.274. The normalized spacial score (nSPS) is 10.2. The van der Waals surface area contributed by atoms with Crippen molar-refractivity contribution >= 4 is 98.1 Å². The van der Waals surface area contributed by atoms with Gasteiger partial charge in [-0.3, -0.25) is 40.9 Å². The molecule has 12 N–H and O–H groups in total. The van der Waals surface area contributed by atoms with Crippen molar-refractivity contribution in [3.8, 4) is 5.75 Å². The molecule has 0 saturated carbocycles. The highest BCUT2D eigenvalue weighted by Crippen LogP contribution is 2.31. The molecule has 1 rings (SSSR count). The van der Waals surface area contributed by atoms with Crippen LogP contribution in [0.1, 0.15) is 101 Å². The van der Waals surface area contributed by atoms with E-state index in [9.17, 15) is 19.2 Å². The number of benzene rings is 1. The van der Waals surface area contributed by atoms with E-state index in [0.29, 0.717) is 25.7 Å². The van der Waals surface area contributed by atoms with Crippen LogP contribution < -0.4 is 49.8 Å². The van der Waals surface area contributed by atoms with Crippen LogP contribution in [0.3, 0.4) is 0 Å². The van der Waals surface area contributed by atoms with E-state index in [-0.39, 0.29) is 82.3 Å². The summed E-state index contributed by atoms with van der Waals surface area (Å²) in [7, 11) is 1.65. The SMILES string of the molecule is C.C.CC(C)(S)CC(=O)NN.CC(C)(S)CC(=O)NN.CC(C)(S)CC(=O)NN.COc1ccc(CSC(C)(C)CC(=O)NN)cc1.Cl.Cl. The molecule has 0 aliphatic heterocycles. The molecule has 0 aromatic heterocycles. The van der Waals surface area contributed by atoms with Gasteiger partial charge >= 0.3 is 0 Å². The van der Waals surface area contributed by atoms with E-state index in [1.54, 1.807) is 18.9 Å². The second kappa shape index (κ2) is 31.5. The summed E-state index contributed by atoms with van der Waals surface area (Å²) in [5, 5.41) is 0. The molecular weight excluding hydrogens is 752 g/mol. The van der Waals surface area contributed by atoms with Gasteiger partial charge in [-0.25, -0.2) is 23.4 Å². The minimum absolute atomic E-state index is 0. The lowest BCUT2D eigenvalue weighted by molar-refractivity contribution is -0.122. The van der Waals surface area contributed by atoms with Gasteiger partial charge in [-0.1, -0.05) is 82.4 Å². The number of carbonyl (C=O) groups excluding carboxylic acids is 4. The Balaban J connectivity index is -0.0000000992. The minimum Gasteiger partial charge on any atom is -0.497 e. The second-order valence-electron chi connectivity index (χ2n) is 12.3. The number of thiol groups is 3. The Bertz CT molecular complexity index is 957. The first-order valence-corrected chi connectivity index (χ1v) is 16.1. The summed E-state index contributed by atoms with van der Waals surface area (Å²) in [5.41, 5.74) is 9.48. The Hall–Kier alpha value is -1.28. The Kier molecular flexibility index (Phi) is 40.3. The van der Waals surface area contributed by atoms with Crippen molar-refractivity contribution in [2.24, 2.45) is 23.4 Å². The predicted octanol–water partition coefficient (Wildman–Crippen LogP) is 4.43. The fraction of sp³-hybridized carbons (Fsp3) is 0.667. The third-order valence-electron chi connectivity index (χ3n) is 4.80. The Morgan fingerprint density at radius 1 is 0.612 bits per heavy atom. The molecule has 0 unspecified atom stereocenters. The number of rotatable bonds is 12. The lowest BCUT2D eigenvalue weighted by atomic mass is 10.1. The molecule has 19 heteroatoms. The fourth-order valence-corrected chi connectivity index (χ4v) is 4.23. The van der Waals surface area contributed by atoms with Crippen LogP contribution >= 0.6 is 74.5 Å². The summed E-state index contributed by atoms with van der Waals surface area (Å²) in [6.45, 7) is 15.2. The molecule has 0 spiro atoms. The van der Waals surface area contributed by atoms with Crippen LogP contribution in [0.2, 0.25) is 0 Å². The number of ether oxygens (including phenoxy) is 1. The molecule has 0 radical (unpaired) electrons. The molecule has 4 amide bonds. The Morgan fingerprint density at radius 2 is 0.878 bits per heavy atom. The number of hydrogen-bond donors (Lipinski definition) is 11. The van der Waals surface area contributed by atoms with Gasteiger partial charge in [0.15, 0.2) is 0 Å². The third-order valence-corrected chi connectivity index (χ3v) is 6.68. The zero-order valence-electron chi connectivity index (χ0n) is 28.8. The maximum atomic E-state index is 11.3. The number of thioether (sulfide) groups is 1. The van der Waals surface area contributed by atoms with Crippen LogP contribution in [0.15, 0.2) is 24.3 Å². The van der Waals surface area contributed by atoms with Crippen LogP contribution in [0.5, 0.6) is 5.75 Å². The smallest absolute Gasteiger partial charge is 0.235 e. The van der Waals surface area contributed by atoms with Gasteiger partial charge in [-0.15, -0.1) is 24.8 Å². The van der Waals surface area contributed by atoms with E-state index in [1.165, 1.54) is 5.56 Å². The number of hydrogen-bond acceptors (Lipinski definition) is 13. The molecule has 0 bridgehead atoms. The largest absolute Gasteiger partial charge is 0.497 e. The van der Waals surface area contributed by atoms with Crippen molar-refractivity contribution in [1.82, 2.24) is 21.7 Å². The summed E-state index contributed by atoms with van der Waals surface area (Å²) in [6, 6.07) is 7.95. The van der Waals surface area contributed by atoms with Gasteiger partial charge in [0, 0.05) is 50.4 Å². The van der Waals surface area contributed by atoms with E-state index >= 15 is 0 Å². The quantitative estimate of drug-likeness (QED) is 0.0616. The van der Waals surface area contributed by atoms with E-state index in [2.05, 4.69) is 43.3 Å². The molecule has 1 aromatic carbocycles. The lowest BCUT2D eigenvalue weighted by Gasteiger charge is -2.22. The zero-order chi connectivity index (χ0) is 36.1. The number of nitrogens with one attached hydrogen (secondary N) is 4. The highest BCUT2D eigenvalue weighted by atomic mass is 35.5. The van der Waals surface area contributed by atoms with Crippen molar-refractivity contribution in [1.29, 1.82) is 0 Å². The fourth-order valence-electron chi connectivity index (χ4n) is 2.82. The standard InChI is InChI=1S/C13H20N2O2S.3C5H12N2OS.2CH4.2ClH/c1-13(2,8-12(16)15-14)18-9-10-4-6-11(17-3)7-5-10;3*1-5(2,9)3-4(8)7-6;;;;/h4-7H,8-9,14H2,1-3H3,(H,15,16);3*9H,3,6H2,1-2H3,(H,7,8);2*1H4;2*1H. The van der Waals surface area contributed by atoms with Crippen LogP contribution in [0.4, 0.5) is 0 Å². The topological polar surface area (TPSA) is 230 Å². The molecule has 0 aliphatic rings. The monoisotopic (exact) mass is 816 g/mol. The molecule has 0 saturated heterocycles. The Labute approximate surface area is 328 Å². The van der Waals surface area contributed by atoms with Crippen LogP contribution in [-0.4, -0.2) is 49.7 Å². The van der Waals surface area contributed by atoms with E-state index < -0.39 is 0 Å². The van der Waals surface area contributed by atoms with Crippen molar-refractivity contribution in [2.75, 3.05) is 7.11 Å². The number of hydrazine groups is 4. The summed E-state index contributed by atoms with van der Waals surface area (Å²) in [4.78, 5) is 42.9. The van der Waals surface area contributed by atoms with Gasteiger partial charge in [-0.2, -0.15) is 49.6 Å². The third kappa shape index (κ3) is 46.7. The molecule has 294 valence electrons. The summed E-state index contributed by atoms with van der Waals surface area (Å²) >= 11 is 14.1. The predicted molar refractivity (Wildman–Crippen MR) is 223 cm³/mol. The number of halogens is 2. The molecular formula is C30H66Cl2N8O5S4. The highest BCUT2D eigenvalue weighted by Gasteiger charge is 2.22. The summed E-state index contributed by atoms with van der Waals surface area (Å²) in [5.74, 6) is 20.6. The number of methoxy groups -OCH3 is 1. The van der Waals surface area contributed by atoms with Gasteiger partial charge in [0.25, 0.3) is 0 Å². The highest BCUT2D eigenvalue weighted by molar-refractivity contribution is 7.99. The van der Waals surface area contributed by atoms with Crippen molar-refractivity contribution in [3.63, 3.8) is 0 Å². The van der Waals surface area contributed by atoms with Crippen molar-refractivity contribution in [2.45, 2.75) is 121 Å². The van der Waals surface area contributed by atoms with Gasteiger partial charge < -0.3 is 4.74 Å². The van der Waals surface area contributed by atoms with Gasteiger partial charge in [0.1, 0.15) is 5.75 Å². The van der Waals surface area contributed by atoms with Gasteiger partial charge in [0.05, 0.1) is 7.11 Å². The maximum absolute atomic E-state index is 11.3. The number of carbonyl (C=O) groups is 4. The molecule has 0 aliphatic carbocycles. The number of amides is 4. The van der Waals surface area contributed by atoms with Gasteiger partial charge in [-0.05, 0) is 17.7 Å². The van der Waals surface area contributed by atoms with Gasteiger partial charge in [0.2, 0.25) is 23.6 Å². The molecule has 13 nitrogen and oxygen atoms in total. The first kappa shape index (κ1) is 62.8. The lowest BCUT2D eigenvalue weighted by Crippen LogP contribution is -2.35. The van der Waals surface area contributed by atoms with Crippen molar-refractivity contribution in [3.05, 3.63) is 29.8 Å². The first-order valence-electron chi connectivity index (χ1n) is 13.8. The van der Waals surface area contributed by atoms with Crippen LogP contribution in [-0.2, 0) is 24.9 Å². The molecule has 0 fully saturated rings. The average molecular weight is 818 g/mol. The first-order chi connectivity index (χ1) is 20.3. The van der Waals surface area contributed by atoms with Crippen molar-refractivity contribution < 1.29 is 23.9 Å². The molecule has 0 heterocycles. The summed E-state index contributed by atoms with van der Waals surface area (Å²) < 4.78 is 4.15. The molecule has 49 heavy (non-hydrogen) atoms. The average Bonchev–Trinajstić information content (AvgIpc) is 2.90. The molecule has 1 aromatic rings. The van der Waals surface area contributed by atoms with E-state index in [1.807, 2.05) is 95.9 Å². The number of nitrogens with two attached hydrogens (primary N) is 4. The molecule has 0 atom stereocenters. The zero-order valence-corrected chi connectivity index (χ0v) is 33.9. The summed E-state index contributed by atoms with van der Waals surface area (Å²) in [6.07, 6.45) is 1.43. The maximum Gasteiger partial charge on any atom is 0.235 e. The Morgan fingerprint density at radius 3 is 1.08 bits per heavy atom. The van der Waals surface area contributed by atoms with E-state index in [4.69, 9.17) is 28.1 Å². The van der Waals surface area contributed by atoms with Crippen LogP contribution in [0, 0.1) is 0 Å². The second-order valence-corrected chi connectivity index (χ2v) is 17.6. The van der Waals surface area contributed by atoms with Crippen LogP contribution in [0.25, 0.3) is 0 Å².